The Hall–Kier alpha value is -0.530. The second-order valence-corrected chi connectivity index (χ2v) is 1.27. The van der Waals surface area contributed by atoms with Gasteiger partial charge in [-0.15, -0.1) is 0 Å². The molecule has 0 amide bonds. The molecular formula is C4H8NO. The molecule has 0 aromatic heterocycles. The SMILES string of the molecule is CC(C)O[C]=N. The van der Waals surface area contributed by atoms with Crippen LogP contribution in [0.15, 0.2) is 0 Å². The van der Waals surface area contributed by atoms with Crippen LogP contribution in [-0.2, 0) is 4.74 Å². The van der Waals surface area contributed by atoms with Crippen LogP contribution >= 0.6 is 0 Å². The summed E-state index contributed by atoms with van der Waals surface area (Å²) >= 11 is 0. The van der Waals surface area contributed by atoms with Gasteiger partial charge in [0.05, 0.1) is 6.10 Å². The molecule has 0 heterocycles. The van der Waals surface area contributed by atoms with Crippen molar-refractivity contribution in [3.8, 4) is 0 Å². The van der Waals surface area contributed by atoms with Gasteiger partial charge in [-0.2, -0.15) is 0 Å². The number of hydrogen-bond donors (Lipinski definition) is 1. The molecule has 2 nitrogen and oxygen atoms in total. The highest BCUT2D eigenvalue weighted by Crippen LogP contribution is 1.79. The van der Waals surface area contributed by atoms with Crippen LogP contribution in [0.4, 0.5) is 0 Å². The van der Waals surface area contributed by atoms with E-state index in [4.69, 9.17) is 5.41 Å². The molecule has 0 saturated heterocycles. The van der Waals surface area contributed by atoms with Crippen molar-refractivity contribution < 1.29 is 4.74 Å². The van der Waals surface area contributed by atoms with Crippen molar-refractivity contribution in [3.05, 3.63) is 0 Å². The van der Waals surface area contributed by atoms with Gasteiger partial charge in [0, 0.05) is 0 Å². The van der Waals surface area contributed by atoms with Crippen molar-refractivity contribution in [2.24, 2.45) is 0 Å². The first-order chi connectivity index (χ1) is 2.77. The lowest BCUT2D eigenvalue weighted by Gasteiger charge is -1.96. The topological polar surface area (TPSA) is 33.1 Å². The highest BCUT2D eigenvalue weighted by atomic mass is 16.5. The molecule has 2 heteroatoms. The fourth-order valence-electron chi connectivity index (χ4n) is 0.118. The molecule has 0 bridgehead atoms. The molecule has 1 radical (unpaired) electrons. The molecule has 0 aliphatic rings. The summed E-state index contributed by atoms with van der Waals surface area (Å²) in [5.74, 6) is 0. The minimum Gasteiger partial charge on any atom is -0.472 e. The Morgan fingerprint density at radius 3 is 2.17 bits per heavy atom. The maximum absolute atomic E-state index is 6.26. The summed E-state index contributed by atoms with van der Waals surface area (Å²) in [6.45, 7) is 3.70. The fraction of sp³-hybridized carbons (Fsp3) is 0.750. The summed E-state index contributed by atoms with van der Waals surface area (Å²) in [6.07, 6.45) is 1.92. The number of ether oxygens (including phenoxy) is 1. The van der Waals surface area contributed by atoms with Crippen molar-refractivity contribution in [1.29, 1.82) is 5.41 Å². The Bertz CT molecular complexity index is 42.8. The Balaban J connectivity index is 2.81. The van der Waals surface area contributed by atoms with Crippen LogP contribution in [0.25, 0.3) is 0 Å². The average molecular weight is 86.1 g/mol. The third-order valence-corrected chi connectivity index (χ3v) is 0.295. The quantitative estimate of drug-likeness (QED) is 0.393. The molecule has 0 spiro atoms. The summed E-state index contributed by atoms with van der Waals surface area (Å²) in [5, 5.41) is 6.26. The van der Waals surface area contributed by atoms with Gasteiger partial charge in [-0.25, -0.2) is 0 Å². The highest BCUT2D eigenvalue weighted by molar-refractivity contribution is 5.41. The first-order valence-electron chi connectivity index (χ1n) is 1.84. The molecular weight excluding hydrogens is 78.1 g/mol. The van der Waals surface area contributed by atoms with Crippen molar-refractivity contribution in [1.82, 2.24) is 0 Å². The summed E-state index contributed by atoms with van der Waals surface area (Å²) in [7, 11) is 0. The highest BCUT2D eigenvalue weighted by Gasteiger charge is 1.83. The van der Waals surface area contributed by atoms with Crippen LogP contribution in [0, 0.1) is 5.41 Å². The molecule has 0 unspecified atom stereocenters. The predicted octanol–water partition coefficient (Wildman–Crippen LogP) is 0.895. The van der Waals surface area contributed by atoms with E-state index in [-0.39, 0.29) is 6.10 Å². The van der Waals surface area contributed by atoms with Crippen LogP contribution < -0.4 is 0 Å². The van der Waals surface area contributed by atoms with Gasteiger partial charge in [0.2, 0.25) is 0 Å². The van der Waals surface area contributed by atoms with Gasteiger partial charge < -0.3 is 4.74 Å². The van der Waals surface area contributed by atoms with Gasteiger partial charge in [0.1, 0.15) is 0 Å². The van der Waals surface area contributed by atoms with E-state index in [1.165, 1.54) is 0 Å². The van der Waals surface area contributed by atoms with E-state index in [1.54, 1.807) is 0 Å². The average Bonchev–Trinajstić information content (AvgIpc) is 1.35. The lowest BCUT2D eigenvalue weighted by atomic mass is 10.5. The van der Waals surface area contributed by atoms with Crippen LogP contribution in [0.2, 0.25) is 0 Å². The molecule has 0 aliphatic carbocycles. The zero-order valence-corrected chi connectivity index (χ0v) is 3.99. The molecule has 0 aliphatic heterocycles. The second-order valence-electron chi connectivity index (χ2n) is 1.27. The Labute approximate surface area is 37.6 Å². The molecule has 0 fully saturated rings. The van der Waals surface area contributed by atoms with Gasteiger partial charge in [-0.1, -0.05) is 0 Å². The normalized spacial score (nSPS) is 8.50. The van der Waals surface area contributed by atoms with Crippen LogP contribution in [-0.4, -0.2) is 12.5 Å². The van der Waals surface area contributed by atoms with Crippen molar-refractivity contribution >= 4 is 6.40 Å². The minimum atomic E-state index is 0.0995. The zero-order valence-electron chi connectivity index (χ0n) is 3.99. The number of rotatable bonds is 2. The summed E-state index contributed by atoms with van der Waals surface area (Å²) < 4.78 is 4.46. The third-order valence-electron chi connectivity index (χ3n) is 0.295. The molecule has 35 valence electrons. The van der Waals surface area contributed by atoms with E-state index in [2.05, 4.69) is 4.74 Å². The largest absolute Gasteiger partial charge is 0.472 e. The van der Waals surface area contributed by atoms with E-state index in [0.717, 1.165) is 0 Å². The van der Waals surface area contributed by atoms with Gasteiger partial charge in [0.15, 0.2) is 0 Å². The van der Waals surface area contributed by atoms with Crippen molar-refractivity contribution in [3.63, 3.8) is 0 Å². The predicted molar refractivity (Wildman–Crippen MR) is 23.9 cm³/mol. The number of nitrogens with one attached hydrogen (secondary N) is 1. The minimum absolute atomic E-state index is 0.0995. The Morgan fingerprint density at radius 1 is 1.67 bits per heavy atom. The molecule has 0 aromatic rings. The van der Waals surface area contributed by atoms with Crippen LogP contribution in [0.3, 0.4) is 0 Å². The lowest BCUT2D eigenvalue weighted by molar-refractivity contribution is 0.239. The maximum Gasteiger partial charge on any atom is 0.270 e. The molecule has 0 atom stereocenters. The smallest absolute Gasteiger partial charge is 0.270 e. The molecule has 0 saturated carbocycles. The summed E-state index contributed by atoms with van der Waals surface area (Å²) in [4.78, 5) is 0. The van der Waals surface area contributed by atoms with E-state index in [1.807, 2.05) is 20.2 Å². The van der Waals surface area contributed by atoms with Gasteiger partial charge in [0.25, 0.3) is 6.40 Å². The standard InChI is InChI=1S/C4H8NO/c1-4(2)6-3-5/h4-5H,1-2H3. The molecule has 0 aromatic carbocycles. The Kier molecular flexibility index (Phi) is 2.46. The van der Waals surface area contributed by atoms with Crippen molar-refractivity contribution in [2.45, 2.75) is 20.0 Å². The van der Waals surface area contributed by atoms with Crippen LogP contribution in [0.1, 0.15) is 13.8 Å². The van der Waals surface area contributed by atoms with Gasteiger partial charge >= 0.3 is 0 Å². The fourth-order valence-corrected chi connectivity index (χ4v) is 0.118. The van der Waals surface area contributed by atoms with E-state index < -0.39 is 0 Å². The monoisotopic (exact) mass is 86.1 g/mol. The molecule has 0 rings (SSSR count). The van der Waals surface area contributed by atoms with Crippen molar-refractivity contribution in [2.75, 3.05) is 0 Å². The molecule has 6 heavy (non-hydrogen) atoms. The van der Waals surface area contributed by atoms with E-state index >= 15 is 0 Å². The van der Waals surface area contributed by atoms with Gasteiger partial charge in [-0.05, 0) is 13.8 Å². The first kappa shape index (κ1) is 5.47. The maximum atomic E-state index is 6.26. The third kappa shape index (κ3) is 3.47. The van der Waals surface area contributed by atoms with E-state index in [9.17, 15) is 0 Å². The lowest BCUT2D eigenvalue weighted by Crippen LogP contribution is -1.97. The van der Waals surface area contributed by atoms with E-state index in [0.29, 0.717) is 0 Å². The number of hydrogen-bond acceptors (Lipinski definition) is 2. The van der Waals surface area contributed by atoms with Gasteiger partial charge in [-0.3, -0.25) is 5.41 Å². The first-order valence-corrected chi connectivity index (χ1v) is 1.84. The summed E-state index contributed by atoms with van der Waals surface area (Å²) in [6, 6.07) is 0. The second kappa shape index (κ2) is 2.69. The van der Waals surface area contributed by atoms with Crippen LogP contribution in [0.5, 0.6) is 0 Å². The molecule has 1 N–H and O–H groups in total. The zero-order chi connectivity index (χ0) is 4.99. The Morgan fingerprint density at radius 2 is 2.17 bits per heavy atom. The summed E-state index contributed by atoms with van der Waals surface area (Å²) in [5.41, 5.74) is 0.